The molecule has 0 aliphatic carbocycles. The first-order valence-corrected chi connectivity index (χ1v) is 9.97. The van der Waals surface area contributed by atoms with Crippen LogP contribution in [0.25, 0.3) is 0 Å². The summed E-state index contributed by atoms with van der Waals surface area (Å²) in [5.74, 6) is -1.55. The van der Waals surface area contributed by atoms with Gasteiger partial charge < -0.3 is 0 Å². The first-order valence-electron chi connectivity index (χ1n) is 6.53. The zero-order chi connectivity index (χ0) is 14.8. The number of carbonyl (C=O) groups is 2. The van der Waals surface area contributed by atoms with Crippen molar-refractivity contribution >= 4 is 33.1 Å². The minimum atomic E-state index is -1.16. The van der Waals surface area contributed by atoms with E-state index in [1.165, 1.54) is 0 Å². The van der Waals surface area contributed by atoms with Crippen LogP contribution in [0.3, 0.4) is 0 Å². The predicted octanol–water partition coefficient (Wildman–Crippen LogP) is 2.62. The van der Waals surface area contributed by atoms with Crippen LogP contribution in [-0.4, -0.2) is 38.2 Å². The molecule has 0 atom stereocenters. The van der Waals surface area contributed by atoms with Crippen molar-refractivity contribution in [2.24, 2.45) is 0 Å². The van der Waals surface area contributed by atoms with Crippen molar-refractivity contribution in [2.75, 3.05) is 0 Å². The summed E-state index contributed by atoms with van der Waals surface area (Å²) in [7, 11) is 0. The second kappa shape index (κ2) is 9.58. The van der Waals surface area contributed by atoms with E-state index in [2.05, 4.69) is 6.92 Å². The van der Waals surface area contributed by atoms with Crippen LogP contribution in [0.1, 0.15) is 25.3 Å². The number of esters is 1. The van der Waals surface area contributed by atoms with Crippen LogP contribution in [0.15, 0.2) is 40.0 Å². The fraction of sp³-hybridized carbons (Fsp3) is 0.333. The van der Waals surface area contributed by atoms with E-state index in [1.54, 1.807) is 0 Å². The summed E-state index contributed by atoms with van der Waals surface area (Å²) in [6.45, 7) is 2.26. The quantitative estimate of drug-likeness (QED) is 0.326. The monoisotopic (exact) mass is 382 g/mol. The molecular weight excluding hydrogens is 363 g/mol. The molecule has 5 heteroatoms. The molecule has 0 bridgehead atoms. The van der Waals surface area contributed by atoms with Crippen LogP contribution in [0.2, 0.25) is 4.44 Å². The molecule has 0 aliphatic heterocycles. The number of aliphatic carboxylic acids is 1. The second-order valence-electron chi connectivity index (χ2n) is 4.24. The molecule has 0 saturated carbocycles. The van der Waals surface area contributed by atoms with E-state index < -0.39 is 33.1 Å². The van der Waals surface area contributed by atoms with Gasteiger partial charge in [-0.2, -0.15) is 0 Å². The van der Waals surface area contributed by atoms with Crippen LogP contribution in [-0.2, 0) is 20.9 Å². The number of rotatable bonds is 8. The third-order valence-corrected chi connectivity index (χ3v) is 6.35. The first kappa shape index (κ1) is 16.8. The number of ether oxygens (including phenoxy) is 1. The van der Waals surface area contributed by atoms with E-state index in [4.69, 9.17) is 9.84 Å². The zero-order valence-electron chi connectivity index (χ0n) is 11.5. The van der Waals surface area contributed by atoms with Crippen LogP contribution >= 0.6 is 0 Å². The molecule has 0 fully saturated rings. The van der Waals surface area contributed by atoms with E-state index in [-0.39, 0.29) is 6.61 Å². The van der Waals surface area contributed by atoms with Gasteiger partial charge in [0.15, 0.2) is 0 Å². The molecule has 4 nitrogen and oxygen atoms in total. The Hall–Kier alpha value is -1.30. The van der Waals surface area contributed by atoms with Crippen LogP contribution in [0.5, 0.6) is 0 Å². The van der Waals surface area contributed by atoms with Gasteiger partial charge in [-0.25, -0.2) is 0 Å². The van der Waals surface area contributed by atoms with E-state index in [0.29, 0.717) is 3.59 Å². The Kier molecular flexibility index (Phi) is 8.02. The van der Waals surface area contributed by atoms with E-state index in [0.717, 1.165) is 28.9 Å². The van der Waals surface area contributed by atoms with Gasteiger partial charge in [0.25, 0.3) is 0 Å². The molecule has 0 spiro atoms. The van der Waals surface area contributed by atoms with Crippen LogP contribution < -0.4 is 0 Å². The Morgan fingerprint density at radius 1 is 1.30 bits per heavy atom. The Morgan fingerprint density at radius 2 is 2.00 bits per heavy atom. The molecule has 0 unspecified atom stereocenters. The second-order valence-corrected chi connectivity index (χ2v) is 8.21. The maximum absolute atomic E-state index is 11.9. The SMILES string of the molecule is CCC[CH2][Sn]/[C](=C/C(=O)O)C(=O)OCc1ccccc1. The van der Waals surface area contributed by atoms with Gasteiger partial charge in [0.1, 0.15) is 0 Å². The standard InChI is InChI=1S/C11H9O4.C4H9.Sn/c12-10(13)6-7-11(14)15-8-9-4-2-1-3-5-9;1-3-4-2;/h1-6H,8H2,(H,12,13);1,3-4H2,2H3;. The van der Waals surface area contributed by atoms with E-state index in [1.807, 2.05) is 30.3 Å². The molecule has 0 aromatic heterocycles. The molecule has 0 saturated heterocycles. The maximum atomic E-state index is 11.9. The van der Waals surface area contributed by atoms with Crippen molar-refractivity contribution in [3.63, 3.8) is 0 Å². The Morgan fingerprint density at radius 3 is 2.60 bits per heavy atom. The van der Waals surface area contributed by atoms with Crippen molar-refractivity contribution in [1.29, 1.82) is 0 Å². The number of unbranched alkanes of at least 4 members (excludes halogenated alkanes) is 1. The number of hydrogen-bond acceptors (Lipinski definition) is 3. The molecule has 106 valence electrons. The van der Waals surface area contributed by atoms with E-state index >= 15 is 0 Å². The third-order valence-electron chi connectivity index (χ3n) is 2.55. The predicted molar refractivity (Wildman–Crippen MR) is 77.4 cm³/mol. The zero-order valence-corrected chi connectivity index (χ0v) is 14.3. The fourth-order valence-electron chi connectivity index (χ4n) is 1.51. The van der Waals surface area contributed by atoms with Gasteiger partial charge in [-0.3, -0.25) is 0 Å². The molecule has 20 heavy (non-hydrogen) atoms. The molecular formula is C15H18O4Sn. The summed E-state index contributed by atoms with van der Waals surface area (Å²) in [6, 6.07) is 9.36. The fourth-order valence-corrected chi connectivity index (χ4v) is 5.05. The number of hydrogen-bond donors (Lipinski definition) is 1. The van der Waals surface area contributed by atoms with Crippen molar-refractivity contribution < 1.29 is 19.4 Å². The summed E-state index contributed by atoms with van der Waals surface area (Å²) in [5.41, 5.74) is 0.898. The van der Waals surface area contributed by atoms with Crippen LogP contribution in [0.4, 0.5) is 0 Å². The van der Waals surface area contributed by atoms with Gasteiger partial charge >= 0.3 is 129 Å². The number of carboxylic acid groups (broad SMARTS) is 1. The molecule has 0 aliphatic rings. The number of benzene rings is 1. The molecule has 0 heterocycles. The van der Waals surface area contributed by atoms with Gasteiger partial charge in [-0.1, -0.05) is 0 Å². The summed E-state index contributed by atoms with van der Waals surface area (Å²) in [4.78, 5) is 22.7. The van der Waals surface area contributed by atoms with Gasteiger partial charge in [0.2, 0.25) is 0 Å². The molecule has 1 rings (SSSR count). The molecule has 0 amide bonds. The van der Waals surface area contributed by atoms with Gasteiger partial charge in [0, 0.05) is 0 Å². The normalized spacial score (nSPS) is 11.2. The van der Waals surface area contributed by atoms with Gasteiger partial charge in [0.05, 0.1) is 0 Å². The van der Waals surface area contributed by atoms with Gasteiger partial charge in [-0.05, 0) is 0 Å². The topological polar surface area (TPSA) is 63.6 Å². The molecule has 1 aromatic rings. The molecule has 2 radical (unpaired) electrons. The van der Waals surface area contributed by atoms with Crippen molar-refractivity contribution in [2.45, 2.75) is 30.8 Å². The molecule has 1 N–H and O–H groups in total. The van der Waals surface area contributed by atoms with Gasteiger partial charge in [-0.15, -0.1) is 0 Å². The Labute approximate surface area is 129 Å². The summed E-state index contributed by atoms with van der Waals surface area (Å²) in [6.07, 6.45) is 3.12. The summed E-state index contributed by atoms with van der Waals surface area (Å²) >= 11 is -1.16. The summed E-state index contributed by atoms with van der Waals surface area (Å²) in [5, 5.41) is 8.82. The Bertz CT molecular complexity index is 468. The first-order chi connectivity index (χ1) is 9.63. The molecule has 1 aromatic carbocycles. The van der Waals surface area contributed by atoms with E-state index in [9.17, 15) is 9.59 Å². The van der Waals surface area contributed by atoms with Crippen molar-refractivity contribution in [3.8, 4) is 0 Å². The third kappa shape index (κ3) is 6.75. The average Bonchev–Trinajstić information content (AvgIpc) is 2.44. The average molecular weight is 381 g/mol. The number of carboxylic acids is 1. The number of carbonyl (C=O) groups excluding carboxylic acids is 1. The van der Waals surface area contributed by atoms with Crippen molar-refractivity contribution in [3.05, 3.63) is 45.6 Å². The Balaban J connectivity index is 2.57. The van der Waals surface area contributed by atoms with Crippen LogP contribution in [0, 0.1) is 0 Å². The van der Waals surface area contributed by atoms with Crippen molar-refractivity contribution in [1.82, 2.24) is 0 Å². The minimum absolute atomic E-state index is 0.184. The summed E-state index contributed by atoms with van der Waals surface area (Å²) < 4.78 is 6.55.